The Balaban J connectivity index is 2.17. The van der Waals surface area contributed by atoms with Crippen LogP contribution >= 0.6 is 0 Å². The number of amides is 2. The molecule has 96 valence electrons. The zero-order chi connectivity index (χ0) is 12.6. The van der Waals surface area contributed by atoms with Crippen molar-refractivity contribution < 1.29 is 14.3 Å². The van der Waals surface area contributed by atoms with E-state index < -0.39 is 17.4 Å². The van der Waals surface area contributed by atoms with Crippen molar-refractivity contribution in [2.24, 2.45) is 16.9 Å². The Hall–Kier alpha value is -1.14. The third-order valence-corrected chi connectivity index (χ3v) is 3.85. The van der Waals surface area contributed by atoms with Crippen LogP contribution in [0.3, 0.4) is 0 Å². The molecular formula is C11H19N3O3. The van der Waals surface area contributed by atoms with Gasteiger partial charge in [0.1, 0.15) is 6.04 Å². The van der Waals surface area contributed by atoms with Gasteiger partial charge in [0.25, 0.3) is 0 Å². The SMILES string of the molecule is CC1(C(=O)N2CCCC2C(N)=O)COCC1N. The van der Waals surface area contributed by atoms with E-state index in [2.05, 4.69) is 0 Å². The summed E-state index contributed by atoms with van der Waals surface area (Å²) < 4.78 is 5.26. The topological polar surface area (TPSA) is 98.6 Å². The van der Waals surface area contributed by atoms with Crippen molar-refractivity contribution in [3.63, 3.8) is 0 Å². The lowest BCUT2D eigenvalue weighted by atomic mass is 9.84. The molecule has 0 aliphatic carbocycles. The number of hydrogen-bond acceptors (Lipinski definition) is 4. The first-order valence-electron chi connectivity index (χ1n) is 5.90. The maximum Gasteiger partial charge on any atom is 0.240 e. The number of primary amides is 1. The summed E-state index contributed by atoms with van der Waals surface area (Å²) in [4.78, 5) is 25.3. The number of carbonyl (C=O) groups excluding carboxylic acids is 2. The van der Waals surface area contributed by atoms with Crippen LogP contribution in [-0.4, -0.2) is 48.6 Å². The zero-order valence-electron chi connectivity index (χ0n) is 10.0. The molecule has 2 amide bonds. The highest BCUT2D eigenvalue weighted by Crippen LogP contribution is 2.32. The summed E-state index contributed by atoms with van der Waals surface area (Å²) in [6, 6.07) is -0.795. The molecule has 6 nitrogen and oxygen atoms in total. The van der Waals surface area contributed by atoms with E-state index >= 15 is 0 Å². The molecular weight excluding hydrogens is 222 g/mol. The van der Waals surface area contributed by atoms with Crippen LogP contribution in [0.15, 0.2) is 0 Å². The molecule has 3 unspecified atom stereocenters. The lowest BCUT2D eigenvalue weighted by molar-refractivity contribution is -0.145. The first-order valence-corrected chi connectivity index (χ1v) is 5.90. The molecule has 2 aliphatic heterocycles. The van der Waals surface area contributed by atoms with Gasteiger partial charge in [0, 0.05) is 12.6 Å². The second-order valence-corrected chi connectivity index (χ2v) is 5.10. The smallest absolute Gasteiger partial charge is 0.240 e. The van der Waals surface area contributed by atoms with Crippen LogP contribution in [0, 0.1) is 5.41 Å². The third-order valence-electron chi connectivity index (χ3n) is 3.85. The van der Waals surface area contributed by atoms with E-state index in [1.807, 2.05) is 0 Å². The molecule has 2 aliphatic rings. The summed E-state index contributed by atoms with van der Waals surface area (Å²) in [6.45, 7) is 3.07. The second-order valence-electron chi connectivity index (χ2n) is 5.10. The molecule has 2 fully saturated rings. The normalized spacial score (nSPS) is 37.4. The van der Waals surface area contributed by atoms with Gasteiger partial charge in [-0.25, -0.2) is 0 Å². The summed E-state index contributed by atoms with van der Waals surface area (Å²) in [5, 5.41) is 0. The highest BCUT2D eigenvalue weighted by atomic mass is 16.5. The van der Waals surface area contributed by atoms with E-state index in [9.17, 15) is 9.59 Å². The van der Waals surface area contributed by atoms with Crippen molar-refractivity contribution in [3.05, 3.63) is 0 Å². The number of likely N-dealkylation sites (tertiary alicyclic amines) is 1. The van der Waals surface area contributed by atoms with Crippen LogP contribution in [0.25, 0.3) is 0 Å². The van der Waals surface area contributed by atoms with Crippen LogP contribution in [0.2, 0.25) is 0 Å². The molecule has 3 atom stereocenters. The van der Waals surface area contributed by atoms with Gasteiger partial charge in [-0.2, -0.15) is 0 Å². The minimum Gasteiger partial charge on any atom is -0.379 e. The molecule has 0 spiro atoms. The van der Waals surface area contributed by atoms with Crippen molar-refractivity contribution in [3.8, 4) is 0 Å². The summed E-state index contributed by atoms with van der Waals surface area (Å²) >= 11 is 0. The monoisotopic (exact) mass is 241 g/mol. The third kappa shape index (κ3) is 1.91. The van der Waals surface area contributed by atoms with Crippen molar-refractivity contribution in [2.75, 3.05) is 19.8 Å². The fraction of sp³-hybridized carbons (Fsp3) is 0.818. The maximum absolute atomic E-state index is 12.5. The van der Waals surface area contributed by atoms with Crippen LogP contribution in [0.5, 0.6) is 0 Å². The molecule has 6 heteroatoms. The minimum absolute atomic E-state index is 0.108. The fourth-order valence-electron chi connectivity index (χ4n) is 2.54. The molecule has 2 saturated heterocycles. The van der Waals surface area contributed by atoms with Gasteiger partial charge in [-0.15, -0.1) is 0 Å². The Bertz CT molecular complexity index is 347. The van der Waals surface area contributed by atoms with E-state index in [1.54, 1.807) is 11.8 Å². The Labute approximate surface area is 100 Å². The zero-order valence-corrected chi connectivity index (χ0v) is 10.0. The Morgan fingerprint density at radius 2 is 2.18 bits per heavy atom. The van der Waals surface area contributed by atoms with E-state index in [0.717, 1.165) is 6.42 Å². The fourth-order valence-corrected chi connectivity index (χ4v) is 2.54. The number of rotatable bonds is 2. The minimum atomic E-state index is -0.724. The lowest BCUT2D eigenvalue weighted by Gasteiger charge is -2.33. The molecule has 0 saturated carbocycles. The first kappa shape index (κ1) is 12.3. The first-order chi connectivity index (χ1) is 7.97. The molecule has 0 aromatic rings. The van der Waals surface area contributed by atoms with Crippen LogP contribution in [0.4, 0.5) is 0 Å². The van der Waals surface area contributed by atoms with Gasteiger partial charge in [0.15, 0.2) is 0 Å². The second kappa shape index (κ2) is 4.27. The van der Waals surface area contributed by atoms with Crippen LogP contribution in [0.1, 0.15) is 19.8 Å². The van der Waals surface area contributed by atoms with Crippen molar-refractivity contribution in [1.82, 2.24) is 4.90 Å². The van der Waals surface area contributed by atoms with E-state index in [1.165, 1.54) is 0 Å². The quantitative estimate of drug-likeness (QED) is 0.636. The molecule has 2 rings (SSSR count). The number of ether oxygens (including phenoxy) is 1. The van der Waals surface area contributed by atoms with E-state index in [4.69, 9.17) is 16.2 Å². The Morgan fingerprint density at radius 1 is 1.47 bits per heavy atom. The molecule has 0 aromatic carbocycles. The summed E-state index contributed by atoms with van der Waals surface area (Å²) in [5.74, 6) is -0.546. The lowest BCUT2D eigenvalue weighted by Crippen LogP contribution is -2.54. The van der Waals surface area contributed by atoms with Gasteiger partial charge < -0.3 is 21.1 Å². The van der Waals surface area contributed by atoms with Crippen molar-refractivity contribution in [2.45, 2.75) is 31.8 Å². The summed E-state index contributed by atoms with van der Waals surface area (Å²) in [5.41, 5.74) is 10.5. The highest BCUT2D eigenvalue weighted by Gasteiger charge is 2.49. The Kier molecular flexibility index (Phi) is 3.09. The predicted octanol–water partition coefficient (Wildman–Crippen LogP) is -1.17. The van der Waals surface area contributed by atoms with Gasteiger partial charge in [0.05, 0.1) is 18.6 Å². The van der Waals surface area contributed by atoms with Gasteiger partial charge in [-0.3, -0.25) is 9.59 Å². The molecule has 2 heterocycles. The standard InChI is InChI=1S/C11H19N3O3/c1-11(6-17-5-8(11)12)10(16)14-4-2-3-7(14)9(13)15/h7-8H,2-6,12H2,1H3,(H2,13,15). The molecule has 17 heavy (non-hydrogen) atoms. The summed E-state index contributed by atoms with van der Waals surface area (Å²) in [7, 11) is 0. The molecule has 0 bridgehead atoms. The van der Waals surface area contributed by atoms with E-state index in [0.29, 0.717) is 26.2 Å². The number of nitrogens with two attached hydrogens (primary N) is 2. The maximum atomic E-state index is 12.5. The summed E-state index contributed by atoms with van der Waals surface area (Å²) in [6.07, 6.45) is 1.46. The number of nitrogens with zero attached hydrogens (tertiary/aromatic N) is 1. The predicted molar refractivity (Wildman–Crippen MR) is 60.8 cm³/mol. The molecule has 4 N–H and O–H groups in total. The molecule has 0 aromatic heterocycles. The number of carbonyl (C=O) groups is 2. The number of hydrogen-bond donors (Lipinski definition) is 2. The van der Waals surface area contributed by atoms with Crippen LogP contribution < -0.4 is 11.5 Å². The van der Waals surface area contributed by atoms with Gasteiger partial charge >= 0.3 is 0 Å². The average Bonchev–Trinajstić information content (AvgIpc) is 2.86. The van der Waals surface area contributed by atoms with Gasteiger partial charge in [0.2, 0.25) is 11.8 Å². The van der Waals surface area contributed by atoms with Crippen molar-refractivity contribution >= 4 is 11.8 Å². The van der Waals surface area contributed by atoms with Crippen LogP contribution in [-0.2, 0) is 14.3 Å². The largest absolute Gasteiger partial charge is 0.379 e. The van der Waals surface area contributed by atoms with Gasteiger partial charge in [-0.05, 0) is 19.8 Å². The van der Waals surface area contributed by atoms with Gasteiger partial charge in [-0.1, -0.05) is 0 Å². The van der Waals surface area contributed by atoms with Crippen molar-refractivity contribution in [1.29, 1.82) is 0 Å². The van der Waals surface area contributed by atoms with E-state index in [-0.39, 0.29) is 11.9 Å². The highest BCUT2D eigenvalue weighted by molar-refractivity contribution is 5.90. The average molecular weight is 241 g/mol. The molecule has 0 radical (unpaired) electrons. The Morgan fingerprint density at radius 3 is 2.71 bits per heavy atom.